The molecular weight excluding hydrogens is 354 g/mol. The fourth-order valence-corrected chi connectivity index (χ4v) is 4.49. The van der Waals surface area contributed by atoms with Gasteiger partial charge in [0, 0.05) is 11.8 Å². The van der Waals surface area contributed by atoms with Crippen LogP contribution in [0.1, 0.15) is 38.2 Å². The molecule has 2 aliphatic rings. The number of aromatic nitrogens is 2. The number of imide groups is 1. The van der Waals surface area contributed by atoms with Gasteiger partial charge >= 0.3 is 6.03 Å². The van der Waals surface area contributed by atoms with Gasteiger partial charge < -0.3 is 10.2 Å². The van der Waals surface area contributed by atoms with Crippen molar-refractivity contribution in [3.8, 4) is 5.69 Å². The quantitative estimate of drug-likeness (QED) is 0.767. The molecule has 1 spiro atoms. The molecule has 1 aliphatic carbocycles. The van der Waals surface area contributed by atoms with Gasteiger partial charge in [0.25, 0.3) is 5.91 Å². The Kier molecular flexibility index (Phi) is 4.93. The molecule has 1 aromatic carbocycles. The van der Waals surface area contributed by atoms with E-state index in [4.69, 9.17) is 0 Å². The van der Waals surface area contributed by atoms with E-state index in [0.717, 1.165) is 41.8 Å². The van der Waals surface area contributed by atoms with Crippen LogP contribution < -0.4 is 10.2 Å². The van der Waals surface area contributed by atoms with Gasteiger partial charge in [0.05, 0.1) is 18.9 Å². The average Bonchev–Trinajstić information content (AvgIpc) is 3.24. The van der Waals surface area contributed by atoms with Crippen LogP contribution >= 0.6 is 0 Å². The van der Waals surface area contributed by atoms with Crippen LogP contribution in [0.3, 0.4) is 0 Å². The minimum absolute atomic E-state index is 0.0518. The Balaban J connectivity index is 1.41. The molecule has 2 aromatic rings. The van der Waals surface area contributed by atoms with Crippen LogP contribution in [0.2, 0.25) is 0 Å². The van der Waals surface area contributed by atoms with Crippen LogP contribution in [0.5, 0.6) is 0 Å². The van der Waals surface area contributed by atoms with Crippen LogP contribution in [0, 0.1) is 5.92 Å². The van der Waals surface area contributed by atoms with Crippen molar-refractivity contribution in [2.75, 3.05) is 13.7 Å². The summed E-state index contributed by atoms with van der Waals surface area (Å²) in [6.45, 7) is 3.12. The standard InChI is InChI=1S/C21H27N5O2/c1-16-8-6-7-11-21(16)19(27)25(20(28)23-21)15-24(2)13-17-12-22-26(14-17)18-9-4-3-5-10-18/h3-5,9-10,12,14,16H,6-8,11,13,15H2,1-2H3,(H,23,28)/p+1/t16-,21+/m0/s1. The number of nitrogens with one attached hydrogen (secondary N) is 2. The molecule has 2 N–H and O–H groups in total. The van der Waals surface area contributed by atoms with Crippen LogP contribution in [0.4, 0.5) is 4.79 Å². The molecule has 4 rings (SSSR count). The third-order valence-electron chi connectivity index (χ3n) is 6.09. The number of nitrogens with zero attached hydrogens (tertiary/aromatic N) is 3. The molecule has 7 nitrogen and oxygen atoms in total. The summed E-state index contributed by atoms with van der Waals surface area (Å²) in [6, 6.07) is 9.69. The Morgan fingerprint density at radius 3 is 2.79 bits per heavy atom. The summed E-state index contributed by atoms with van der Waals surface area (Å²) in [6.07, 6.45) is 7.69. The summed E-state index contributed by atoms with van der Waals surface area (Å²) in [5.74, 6) is 0.135. The van der Waals surface area contributed by atoms with Crippen LogP contribution in [0.25, 0.3) is 5.69 Å². The van der Waals surface area contributed by atoms with Gasteiger partial charge in [-0.25, -0.2) is 14.4 Å². The molecule has 2 heterocycles. The zero-order valence-electron chi connectivity index (χ0n) is 16.5. The molecule has 3 amide bonds. The highest BCUT2D eigenvalue weighted by Gasteiger charge is 2.55. The number of para-hydroxylation sites is 1. The zero-order chi connectivity index (χ0) is 19.7. The van der Waals surface area contributed by atoms with Crippen molar-refractivity contribution >= 4 is 11.9 Å². The first-order valence-corrected chi connectivity index (χ1v) is 10.0. The van der Waals surface area contributed by atoms with E-state index in [-0.39, 0.29) is 17.9 Å². The monoisotopic (exact) mass is 382 g/mol. The molecule has 7 heteroatoms. The number of rotatable bonds is 5. The summed E-state index contributed by atoms with van der Waals surface area (Å²) >= 11 is 0. The van der Waals surface area contributed by atoms with Crippen LogP contribution in [-0.4, -0.2) is 45.9 Å². The topological polar surface area (TPSA) is 71.7 Å². The lowest BCUT2D eigenvalue weighted by Gasteiger charge is -2.36. The molecule has 1 aliphatic heterocycles. The highest BCUT2D eigenvalue weighted by molar-refractivity contribution is 6.07. The van der Waals surface area contributed by atoms with E-state index in [1.165, 1.54) is 4.90 Å². The first kappa shape index (κ1) is 18.7. The molecule has 1 saturated heterocycles. The summed E-state index contributed by atoms with van der Waals surface area (Å²) in [7, 11) is 2.00. The van der Waals surface area contributed by atoms with Gasteiger partial charge in [-0.1, -0.05) is 38.0 Å². The Bertz CT molecular complexity index is 865. The predicted octanol–water partition coefficient (Wildman–Crippen LogP) is 1.35. The van der Waals surface area contributed by atoms with E-state index in [2.05, 4.69) is 17.3 Å². The third-order valence-corrected chi connectivity index (χ3v) is 6.09. The molecule has 28 heavy (non-hydrogen) atoms. The number of carbonyl (C=O) groups is 2. The van der Waals surface area contributed by atoms with E-state index < -0.39 is 5.54 Å². The van der Waals surface area contributed by atoms with Crippen molar-refractivity contribution in [2.45, 2.75) is 44.7 Å². The smallest absolute Gasteiger partial charge is 0.323 e. The van der Waals surface area contributed by atoms with E-state index in [1.54, 1.807) is 0 Å². The Hall–Kier alpha value is -2.67. The summed E-state index contributed by atoms with van der Waals surface area (Å²) in [4.78, 5) is 28.1. The number of carbonyl (C=O) groups excluding carboxylic acids is 2. The maximum Gasteiger partial charge on any atom is 0.329 e. The van der Waals surface area contributed by atoms with Gasteiger partial charge in [-0.05, 0) is 30.9 Å². The molecule has 1 saturated carbocycles. The van der Waals surface area contributed by atoms with Gasteiger partial charge in [-0.3, -0.25) is 4.79 Å². The number of quaternary nitrogens is 1. The second kappa shape index (κ2) is 7.39. The number of amides is 3. The fraction of sp³-hybridized carbons (Fsp3) is 0.476. The maximum absolute atomic E-state index is 13.1. The first-order chi connectivity index (χ1) is 13.5. The number of hydrogen-bond donors (Lipinski definition) is 2. The Morgan fingerprint density at radius 2 is 2.04 bits per heavy atom. The van der Waals surface area contributed by atoms with E-state index in [1.807, 2.05) is 54.5 Å². The van der Waals surface area contributed by atoms with E-state index in [9.17, 15) is 9.59 Å². The molecule has 0 bridgehead atoms. The highest BCUT2D eigenvalue weighted by Crippen LogP contribution is 2.37. The normalized spacial score (nSPS) is 25.9. The fourth-order valence-electron chi connectivity index (χ4n) is 4.49. The zero-order valence-corrected chi connectivity index (χ0v) is 16.5. The van der Waals surface area contributed by atoms with Crippen LogP contribution in [-0.2, 0) is 11.3 Å². The molecule has 0 radical (unpaired) electrons. The summed E-state index contributed by atoms with van der Waals surface area (Å²) in [5.41, 5.74) is 1.39. The Labute approximate surface area is 165 Å². The minimum Gasteiger partial charge on any atom is -0.323 e. The number of hydrogen-bond acceptors (Lipinski definition) is 3. The first-order valence-electron chi connectivity index (χ1n) is 10.0. The molecule has 2 fully saturated rings. The SMILES string of the molecule is C[C@H]1CCCC[C@@]12NC(=O)N(C[NH+](C)Cc1cnn(-c3ccccc3)c1)C2=O. The summed E-state index contributed by atoms with van der Waals surface area (Å²) < 4.78 is 1.84. The van der Waals surface area contributed by atoms with Crippen LogP contribution in [0.15, 0.2) is 42.7 Å². The van der Waals surface area contributed by atoms with Crippen molar-refractivity contribution in [2.24, 2.45) is 5.92 Å². The van der Waals surface area contributed by atoms with Gasteiger partial charge in [-0.2, -0.15) is 5.10 Å². The van der Waals surface area contributed by atoms with Crippen molar-refractivity contribution in [3.05, 3.63) is 48.3 Å². The van der Waals surface area contributed by atoms with Gasteiger partial charge in [-0.15, -0.1) is 0 Å². The molecule has 1 aromatic heterocycles. The molecule has 148 valence electrons. The predicted molar refractivity (Wildman–Crippen MR) is 105 cm³/mol. The molecule has 3 atom stereocenters. The molecule has 1 unspecified atom stereocenters. The third kappa shape index (κ3) is 3.30. The second-order valence-electron chi connectivity index (χ2n) is 8.20. The van der Waals surface area contributed by atoms with E-state index >= 15 is 0 Å². The van der Waals surface area contributed by atoms with Crippen molar-refractivity contribution < 1.29 is 14.5 Å². The lowest BCUT2D eigenvalue weighted by molar-refractivity contribution is -0.901. The van der Waals surface area contributed by atoms with Crippen molar-refractivity contribution in [1.29, 1.82) is 0 Å². The van der Waals surface area contributed by atoms with Crippen molar-refractivity contribution in [3.63, 3.8) is 0 Å². The highest BCUT2D eigenvalue weighted by atomic mass is 16.2. The molecular formula is C21H28N5O2+. The largest absolute Gasteiger partial charge is 0.329 e. The Morgan fingerprint density at radius 1 is 1.25 bits per heavy atom. The maximum atomic E-state index is 13.1. The minimum atomic E-state index is -0.687. The van der Waals surface area contributed by atoms with Gasteiger partial charge in [0.15, 0.2) is 6.67 Å². The number of benzene rings is 1. The van der Waals surface area contributed by atoms with Gasteiger partial charge in [0.1, 0.15) is 12.1 Å². The lowest BCUT2D eigenvalue weighted by Crippen LogP contribution is -3.09. The van der Waals surface area contributed by atoms with Gasteiger partial charge in [0.2, 0.25) is 0 Å². The van der Waals surface area contributed by atoms with Crippen molar-refractivity contribution in [1.82, 2.24) is 20.0 Å². The lowest BCUT2D eigenvalue weighted by atomic mass is 9.73. The summed E-state index contributed by atoms with van der Waals surface area (Å²) in [5, 5.41) is 7.44. The number of urea groups is 1. The van der Waals surface area contributed by atoms with E-state index in [0.29, 0.717) is 13.2 Å². The second-order valence-corrected chi connectivity index (χ2v) is 8.20. The average molecular weight is 382 g/mol.